The molecule has 0 spiro atoms. The monoisotopic (exact) mass is 456 g/mol. The summed E-state index contributed by atoms with van der Waals surface area (Å²) >= 11 is 0. The molecule has 1 aliphatic heterocycles. The van der Waals surface area contributed by atoms with Crippen LogP contribution in [0.1, 0.15) is 45.1 Å². The molecule has 1 heterocycles. The highest BCUT2D eigenvalue weighted by atomic mass is 16.6. The number of rotatable bonds is 7. The number of allylic oxidation sites excluding steroid dienone is 2. The average Bonchev–Trinajstić information content (AvgIpc) is 2.74. The van der Waals surface area contributed by atoms with Crippen LogP contribution in [-0.4, -0.2) is 43.2 Å². The van der Waals surface area contributed by atoms with Crippen molar-refractivity contribution < 1.29 is 28.7 Å². The Kier molecular flexibility index (Phi) is 6.71. The SMILES string of the molecule is C=CCOC(=O)C1C(C)=NC2=C(C(=O)CC(C)(C)C2)[C@@H]1c1cc(OC)c(OC)cc1[N+](=O)[O-]. The van der Waals surface area contributed by atoms with E-state index in [0.717, 1.165) is 0 Å². The van der Waals surface area contributed by atoms with E-state index in [4.69, 9.17) is 14.2 Å². The molecule has 0 bridgehead atoms. The summed E-state index contributed by atoms with van der Waals surface area (Å²) in [5.74, 6) is -2.35. The first kappa shape index (κ1) is 24.2. The Morgan fingerprint density at radius 2 is 1.91 bits per heavy atom. The van der Waals surface area contributed by atoms with Crippen LogP contribution in [0.3, 0.4) is 0 Å². The standard InChI is InChI=1S/C24H28N2O7/c1-7-8-33-23(28)20-13(2)25-15-11-24(3,4)12-17(27)22(15)21(20)14-9-18(31-5)19(32-6)10-16(14)26(29)30/h7,9-10,20-21H,1,8,11-12H2,2-6H3/t20?,21-/m1/s1. The van der Waals surface area contributed by atoms with Crippen LogP contribution in [0.2, 0.25) is 0 Å². The molecule has 1 aliphatic carbocycles. The molecule has 9 nitrogen and oxygen atoms in total. The van der Waals surface area contributed by atoms with Crippen molar-refractivity contribution >= 4 is 23.2 Å². The fraction of sp³-hybridized carbons (Fsp3) is 0.458. The number of aliphatic imine (C=N–C) groups is 1. The molecule has 176 valence electrons. The molecule has 0 radical (unpaired) electrons. The minimum atomic E-state index is -1.01. The number of hydrogen-bond acceptors (Lipinski definition) is 8. The minimum absolute atomic E-state index is 0.0315. The first-order valence-electron chi connectivity index (χ1n) is 10.5. The number of nitro benzene ring substituents is 1. The smallest absolute Gasteiger partial charge is 0.315 e. The summed E-state index contributed by atoms with van der Waals surface area (Å²) in [5.41, 5.74) is 0.879. The molecule has 0 N–H and O–H groups in total. The summed E-state index contributed by atoms with van der Waals surface area (Å²) in [5, 5.41) is 12.1. The van der Waals surface area contributed by atoms with E-state index in [2.05, 4.69) is 11.6 Å². The number of ketones is 1. The van der Waals surface area contributed by atoms with Crippen LogP contribution in [-0.2, 0) is 14.3 Å². The van der Waals surface area contributed by atoms with Crippen LogP contribution in [0.5, 0.6) is 11.5 Å². The zero-order valence-electron chi connectivity index (χ0n) is 19.5. The van der Waals surface area contributed by atoms with Gasteiger partial charge in [-0.05, 0) is 24.8 Å². The maximum absolute atomic E-state index is 13.4. The third kappa shape index (κ3) is 4.53. The molecule has 0 fully saturated rings. The molecule has 33 heavy (non-hydrogen) atoms. The molecule has 3 rings (SSSR count). The zero-order chi connectivity index (χ0) is 24.5. The number of nitrogens with zero attached hydrogens (tertiary/aromatic N) is 2. The predicted molar refractivity (Wildman–Crippen MR) is 122 cm³/mol. The summed E-state index contributed by atoms with van der Waals surface area (Å²) in [6.07, 6.45) is 2.18. The van der Waals surface area contributed by atoms with E-state index in [9.17, 15) is 19.7 Å². The fourth-order valence-corrected chi connectivity index (χ4v) is 4.61. The Morgan fingerprint density at radius 1 is 1.27 bits per heavy atom. The maximum atomic E-state index is 13.4. The van der Waals surface area contributed by atoms with Gasteiger partial charge in [0.2, 0.25) is 0 Å². The molecular weight excluding hydrogens is 428 g/mol. The summed E-state index contributed by atoms with van der Waals surface area (Å²) in [6.45, 7) is 9.14. The van der Waals surface area contributed by atoms with Crippen LogP contribution in [0, 0.1) is 21.4 Å². The largest absolute Gasteiger partial charge is 0.493 e. The van der Waals surface area contributed by atoms with Crippen LogP contribution in [0.25, 0.3) is 0 Å². The molecule has 1 aromatic rings. The first-order valence-corrected chi connectivity index (χ1v) is 10.5. The lowest BCUT2D eigenvalue weighted by molar-refractivity contribution is -0.385. The third-order valence-corrected chi connectivity index (χ3v) is 5.96. The Labute approximate surface area is 192 Å². The third-order valence-electron chi connectivity index (χ3n) is 5.96. The number of Topliss-reactive ketones (excluding diaryl/α,β-unsaturated/α-hetero) is 1. The van der Waals surface area contributed by atoms with Gasteiger partial charge in [-0.25, -0.2) is 0 Å². The molecule has 1 aromatic carbocycles. The van der Waals surface area contributed by atoms with Gasteiger partial charge in [-0.15, -0.1) is 0 Å². The number of carbonyl (C=O) groups is 2. The summed E-state index contributed by atoms with van der Waals surface area (Å²) in [4.78, 5) is 42.6. The number of hydrogen-bond donors (Lipinski definition) is 0. The summed E-state index contributed by atoms with van der Waals surface area (Å²) in [6, 6.07) is 2.71. The Hall–Kier alpha value is -3.49. The molecule has 2 aliphatic rings. The Balaban J connectivity index is 2.32. The molecule has 0 saturated carbocycles. The molecule has 9 heteroatoms. The summed E-state index contributed by atoms with van der Waals surface area (Å²) in [7, 11) is 2.79. The van der Waals surface area contributed by atoms with E-state index in [1.807, 2.05) is 13.8 Å². The second kappa shape index (κ2) is 9.17. The molecule has 0 amide bonds. The Morgan fingerprint density at radius 3 is 2.48 bits per heavy atom. The van der Waals surface area contributed by atoms with Crippen LogP contribution < -0.4 is 9.47 Å². The molecule has 0 saturated heterocycles. The van der Waals surface area contributed by atoms with Crippen molar-refractivity contribution in [2.45, 2.75) is 39.5 Å². The summed E-state index contributed by atoms with van der Waals surface area (Å²) < 4.78 is 15.9. The second-order valence-electron chi connectivity index (χ2n) is 8.95. The van der Waals surface area contributed by atoms with Crippen molar-refractivity contribution in [1.29, 1.82) is 0 Å². The van der Waals surface area contributed by atoms with Crippen molar-refractivity contribution in [3.8, 4) is 11.5 Å². The zero-order valence-corrected chi connectivity index (χ0v) is 19.5. The minimum Gasteiger partial charge on any atom is -0.493 e. The van der Waals surface area contributed by atoms with E-state index in [1.165, 1.54) is 32.4 Å². The van der Waals surface area contributed by atoms with Gasteiger partial charge >= 0.3 is 5.97 Å². The van der Waals surface area contributed by atoms with Crippen molar-refractivity contribution in [1.82, 2.24) is 0 Å². The van der Waals surface area contributed by atoms with Crippen molar-refractivity contribution in [3.63, 3.8) is 0 Å². The fourth-order valence-electron chi connectivity index (χ4n) is 4.61. The average molecular weight is 456 g/mol. The normalized spacial score (nSPS) is 21.6. The second-order valence-corrected chi connectivity index (χ2v) is 8.95. The van der Waals surface area contributed by atoms with Gasteiger partial charge in [0.25, 0.3) is 5.69 Å². The van der Waals surface area contributed by atoms with Gasteiger partial charge in [-0.1, -0.05) is 26.5 Å². The van der Waals surface area contributed by atoms with Crippen molar-refractivity contribution in [2.24, 2.45) is 16.3 Å². The van der Waals surface area contributed by atoms with Crippen LogP contribution in [0.4, 0.5) is 5.69 Å². The van der Waals surface area contributed by atoms with Crippen molar-refractivity contribution in [2.75, 3.05) is 20.8 Å². The van der Waals surface area contributed by atoms with Gasteiger partial charge < -0.3 is 14.2 Å². The van der Waals surface area contributed by atoms with E-state index in [0.29, 0.717) is 23.4 Å². The van der Waals surface area contributed by atoms with Crippen molar-refractivity contribution in [3.05, 3.63) is 51.7 Å². The highest BCUT2D eigenvalue weighted by Crippen LogP contribution is 2.51. The molecule has 2 atom stereocenters. The van der Waals surface area contributed by atoms with Crippen LogP contribution in [0.15, 0.2) is 41.1 Å². The molecule has 1 unspecified atom stereocenters. The number of carbonyl (C=O) groups excluding carboxylic acids is 2. The van der Waals surface area contributed by atoms with E-state index < -0.39 is 22.7 Å². The van der Waals surface area contributed by atoms with Gasteiger partial charge in [-0.2, -0.15) is 0 Å². The first-order chi connectivity index (χ1) is 15.5. The van der Waals surface area contributed by atoms with E-state index in [1.54, 1.807) is 6.92 Å². The maximum Gasteiger partial charge on any atom is 0.315 e. The Bertz CT molecular complexity index is 1080. The lowest BCUT2D eigenvalue weighted by Crippen LogP contribution is -2.39. The lowest BCUT2D eigenvalue weighted by atomic mass is 9.66. The van der Waals surface area contributed by atoms with Crippen LogP contribution >= 0.6 is 0 Å². The van der Waals surface area contributed by atoms with Gasteiger partial charge in [0.05, 0.1) is 25.2 Å². The topological polar surface area (TPSA) is 117 Å². The molecule has 0 aromatic heterocycles. The van der Waals surface area contributed by atoms with E-state index in [-0.39, 0.29) is 47.0 Å². The highest BCUT2D eigenvalue weighted by Gasteiger charge is 2.48. The quantitative estimate of drug-likeness (QED) is 0.262. The molecular formula is C24H28N2O7. The highest BCUT2D eigenvalue weighted by molar-refractivity contribution is 6.09. The number of esters is 1. The lowest BCUT2D eigenvalue weighted by Gasteiger charge is -2.38. The van der Waals surface area contributed by atoms with Gasteiger partial charge in [0.1, 0.15) is 12.5 Å². The van der Waals surface area contributed by atoms with Gasteiger partial charge in [0.15, 0.2) is 17.3 Å². The number of nitro groups is 1. The van der Waals surface area contributed by atoms with Gasteiger partial charge in [0, 0.05) is 34.9 Å². The number of benzene rings is 1. The predicted octanol–water partition coefficient (Wildman–Crippen LogP) is 4.16. The van der Waals surface area contributed by atoms with Gasteiger partial charge in [-0.3, -0.25) is 24.7 Å². The number of ether oxygens (including phenoxy) is 3. The number of methoxy groups -OCH3 is 2. The van der Waals surface area contributed by atoms with E-state index >= 15 is 0 Å².